The molecule has 5 unspecified atom stereocenters. The number of aromatic nitrogens is 4. The van der Waals surface area contributed by atoms with Gasteiger partial charge in [-0.2, -0.15) is 0 Å². The van der Waals surface area contributed by atoms with Gasteiger partial charge in [0.15, 0.2) is 0 Å². The minimum atomic E-state index is 0.712. The van der Waals surface area contributed by atoms with Gasteiger partial charge < -0.3 is 0 Å². The molecule has 0 amide bonds. The first-order valence-corrected chi connectivity index (χ1v) is 37.4. The molecule has 2 heterocycles. The molecule has 0 aliphatic heterocycles. The van der Waals surface area contributed by atoms with Crippen molar-refractivity contribution in [1.29, 1.82) is 0 Å². The lowest BCUT2D eigenvalue weighted by molar-refractivity contribution is 0.215. The molecule has 4 aromatic carbocycles. The van der Waals surface area contributed by atoms with Crippen molar-refractivity contribution in [3.63, 3.8) is 0 Å². The number of aryl methyl sites for hydroxylation is 15. The third kappa shape index (κ3) is 42.4. The SMILES string of the molecule is CC=CC1C=C(C)CC(C)C1.CC=CC1CCC(C)CC1.CC=Cc1ccc(C)cc1.CCC1CC(C)CC(C)C1.CCC1CCCC(C)=C1C.CCc1cc(C)cc(C)c1.Cc1cc(C)cc(C)c1.Cc1cc(C)nc(C)c1.Cc1ccc(C)cc1.Cc1nc(C)nc(C)n1. The maximum absolute atomic E-state index is 4.23. The Morgan fingerprint density at radius 3 is 1.21 bits per heavy atom. The smallest absolute Gasteiger partial charge is 0.129 e. The fraction of sp³-hybridized carbons (Fsp3) is 0.543. The maximum atomic E-state index is 4.23. The molecule has 10 rings (SSSR count). The first-order valence-electron chi connectivity index (χ1n) is 37.4. The molecule has 5 atom stereocenters. The van der Waals surface area contributed by atoms with Gasteiger partial charge in [-0.3, -0.25) is 4.98 Å². The summed E-state index contributed by atoms with van der Waals surface area (Å²) in [5, 5.41) is 0. The van der Waals surface area contributed by atoms with Crippen LogP contribution in [-0.4, -0.2) is 19.9 Å². The Morgan fingerprint density at radius 2 is 0.833 bits per heavy atom. The Hall–Kier alpha value is -6.26. The number of allylic oxidation sites excluding steroid dienone is 9. The van der Waals surface area contributed by atoms with Crippen LogP contribution in [0.1, 0.15) is 270 Å². The average molecular weight is 1300 g/mol. The molecule has 0 radical (unpaired) electrons. The Labute approximate surface area is 593 Å². The van der Waals surface area contributed by atoms with E-state index in [1.807, 2.05) is 47.6 Å². The first kappa shape index (κ1) is 87.8. The van der Waals surface area contributed by atoms with Crippen molar-refractivity contribution < 1.29 is 0 Å². The molecular formula is C92H142N4. The normalized spacial score (nSPS) is 20.2. The van der Waals surface area contributed by atoms with Gasteiger partial charge in [0.2, 0.25) is 0 Å². The first-order chi connectivity index (χ1) is 45.4. The number of hydrogen-bond donors (Lipinski definition) is 0. The van der Waals surface area contributed by atoms with Crippen LogP contribution in [0.25, 0.3) is 6.08 Å². The van der Waals surface area contributed by atoms with Crippen LogP contribution >= 0.6 is 0 Å². The zero-order valence-electron chi connectivity index (χ0n) is 66.8. The fourth-order valence-electron chi connectivity index (χ4n) is 13.9. The van der Waals surface area contributed by atoms with Crippen molar-refractivity contribution in [1.82, 2.24) is 19.9 Å². The number of rotatable bonds is 6. The van der Waals surface area contributed by atoms with Crippen molar-refractivity contribution in [2.45, 2.75) is 283 Å². The van der Waals surface area contributed by atoms with Crippen LogP contribution in [0.3, 0.4) is 0 Å². The van der Waals surface area contributed by atoms with Crippen molar-refractivity contribution in [3.05, 3.63) is 240 Å². The number of nitrogens with zero attached hydrogens (tertiary/aromatic N) is 4. The lowest BCUT2D eigenvalue weighted by Gasteiger charge is -2.30. The highest BCUT2D eigenvalue weighted by molar-refractivity contribution is 5.49. The van der Waals surface area contributed by atoms with Gasteiger partial charge in [-0.25, -0.2) is 15.0 Å². The van der Waals surface area contributed by atoms with Gasteiger partial charge in [-0.15, -0.1) is 0 Å². The van der Waals surface area contributed by atoms with E-state index in [1.54, 1.807) is 16.7 Å². The van der Waals surface area contributed by atoms with Crippen molar-refractivity contribution in [2.24, 2.45) is 47.3 Å². The Balaban J connectivity index is 0.000000534. The van der Waals surface area contributed by atoms with Gasteiger partial charge in [0, 0.05) is 11.4 Å². The molecule has 4 nitrogen and oxygen atoms in total. The molecule has 0 bridgehead atoms. The van der Waals surface area contributed by atoms with Crippen molar-refractivity contribution >= 4 is 6.08 Å². The summed E-state index contributed by atoms with van der Waals surface area (Å²) in [5.74, 6) is 9.79. The van der Waals surface area contributed by atoms with E-state index < -0.39 is 0 Å². The standard InChI is InChI=1S/C11H18.C10H20.C10H14.2C10H18.C10H12.C9H12.C8H11N.C8H10.C6H9N3/c1-4-5-11-7-9(2)6-10(3)8-11;2*1-4-10-6-8(2)5-9(3)7-10;1-4-10-7-5-6-8(2)9(10)3;2*1-3-4-10-7-5-9(2)6-8-10;1-7-4-8(2)6-9(3)5-7;1-6-4-7(2)9-8(3)5-6;1-7-3-5-8(2)6-4-7;1-4-7-5(2)9-6(3)8-4/h4-5,7,10-11H,6,8H2,1-3H3;8-10H,4-7H2,1-3H3;5-7H,4H2,1-3H3;10H,4-7H2,1-3H3;3-4,9-10H,5-8H2,1-2H3;3-8H,1-2H3;4-6H,1-3H3;4-5H,1-3H3;3-6H,1-2H3;1-3H3. The van der Waals surface area contributed by atoms with E-state index >= 15 is 0 Å². The lowest BCUT2D eigenvalue weighted by atomic mass is 9.76. The molecule has 0 N–H and O–H groups in total. The van der Waals surface area contributed by atoms with Crippen LogP contribution in [0.4, 0.5) is 0 Å². The van der Waals surface area contributed by atoms with Gasteiger partial charge in [-0.1, -0.05) is 256 Å². The number of benzene rings is 4. The van der Waals surface area contributed by atoms with Gasteiger partial charge in [0.05, 0.1) is 0 Å². The molecule has 2 fully saturated rings. The maximum Gasteiger partial charge on any atom is 0.129 e. The monoisotopic (exact) mass is 1300 g/mol. The largest absolute Gasteiger partial charge is 0.258 e. The third-order valence-electron chi connectivity index (χ3n) is 18.5. The molecule has 530 valence electrons. The highest BCUT2D eigenvalue weighted by Crippen LogP contribution is 2.35. The van der Waals surface area contributed by atoms with E-state index in [9.17, 15) is 0 Å². The predicted octanol–water partition coefficient (Wildman–Crippen LogP) is 27.6. The molecule has 4 heteroatoms. The Kier molecular flexibility index (Phi) is 45.8. The number of pyridine rings is 1. The van der Waals surface area contributed by atoms with E-state index in [-0.39, 0.29) is 0 Å². The van der Waals surface area contributed by atoms with E-state index in [0.29, 0.717) is 5.92 Å². The fourth-order valence-corrected chi connectivity index (χ4v) is 13.9. The second-order valence-electron chi connectivity index (χ2n) is 29.4. The van der Waals surface area contributed by atoms with Gasteiger partial charge in [0.25, 0.3) is 0 Å². The minimum absolute atomic E-state index is 0.712. The summed E-state index contributed by atoms with van der Waals surface area (Å²) in [4.78, 5) is 16.3. The van der Waals surface area contributed by atoms with E-state index in [4.69, 9.17) is 0 Å². The summed E-state index contributed by atoms with van der Waals surface area (Å²) in [6.07, 6.45) is 36.4. The molecule has 0 saturated heterocycles. The average Bonchev–Trinajstić information content (AvgIpc) is 1.49. The Bertz CT molecular complexity index is 2870. The summed E-state index contributed by atoms with van der Waals surface area (Å²) >= 11 is 0. The summed E-state index contributed by atoms with van der Waals surface area (Å²) in [6, 6.07) is 34.4. The highest BCUT2D eigenvalue weighted by atomic mass is 15.0. The second-order valence-corrected chi connectivity index (χ2v) is 29.4. The molecule has 4 aliphatic rings. The molecule has 0 spiro atoms. The van der Waals surface area contributed by atoms with Gasteiger partial charge >= 0.3 is 0 Å². The van der Waals surface area contributed by atoms with E-state index in [0.717, 1.165) is 76.7 Å². The molecule has 4 aliphatic carbocycles. The van der Waals surface area contributed by atoms with Crippen LogP contribution in [-0.2, 0) is 6.42 Å². The van der Waals surface area contributed by atoms with Crippen LogP contribution in [0, 0.1) is 144 Å². The zero-order chi connectivity index (χ0) is 72.3. The van der Waals surface area contributed by atoms with Crippen LogP contribution in [0.15, 0.2) is 150 Å². The van der Waals surface area contributed by atoms with Crippen LogP contribution in [0.5, 0.6) is 0 Å². The summed E-state index contributed by atoms with van der Waals surface area (Å²) in [5.41, 5.74) is 21.9. The summed E-state index contributed by atoms with van der Waals surface area (Å²) < 4.78 is 0. The molecule has 2 saturated carbocycles. The van der Waals surface area contributed by atoms with Crippen LogP contribution < -0.4 is 0 Å². The topological polar surface area (TPSA) is 51.6 Å². The van der Waals surface area contributed by atoms with E-state index in [1.165, 1.54) is 151 Å². The Morgan fingerprint density at radius 1 is 0.406 bits per heavy atom. The minimum Gasteiger partial charge on any atom is -0.258 e. The lowest BCUT2D eigenvalue weighted by Crippen LogP contribution is -2.18. The second kappa shape index (κ2) is 50.1. The van der Waals surface area contributed by atoms with E-state index in [2.05, 4.69) is 299 Å². The van der Waals surface area contributed by atoms with Gasteiger partial charge in [-0.05, 0) is 292 Å². The highest BCUT2D eigenvalue weighted by Gasteiger charge is 2.22. The molecule has 96 heavy (non-hydrogen) atoms. The third-order valence-corrected chi connectivity index (χ3v) is 18.5. The summed E-state index contributed by atoms with van der Waals surface area (Å²) in [7, 11) is 0. The van der Waals surface area contributed by atoms with Crippen molar-refractivity contribution in [2.75, 3.05) is 0 Å². The summed E-state index contributed by atoms with van der Waals surface area (Å²) in [6.45, 7) is 58.1. The number of hydrogen-bond acceptors (Lipinski definition) is 4. The van der Waals surface area contributed by atoms with Gasteiger partial charge in [0.1, 0.15) is 17.5 Å². The van der Waals surface area contributed by atoms with Crippen molar-refractivity contribution in [3.8, 4) is 0 Å². The predicted molar refractivity (Wildman–Crippen MR) is 429 cm³/mol. The zero-order valence-corrected chi connectivity index (χ0v) is 66.8. The quantitative estimate of drug-likeness (QED) is 0.156. The molecular weight excluding hydrogens is 1160 g/mol. The molecule has 2 aromatic heterocycles. The molecule has 6 aromatic rings. The van der Waals surface area contributed by atoms with Crippen LogP contribution in [0.2, 0.25) is 0 Å².